The van der Waals surface area contributed by atoms with E-state index < -0.39 is 0 Å². The number of amides is 1. The van der Waals surface area contributed by atoms with Crippen molar-refractivity contribution in [3.05, 3.63) is 54.4 Å². The van der Waals surface area contributed by atoms with E-state index in [1.807, 2.05) is 35.4 Å². The molecule has 1 amide bonds. The van der Waals surface area contributed by atoms with Crippen LogP contribution in [0.15, 0.2) is 48.8 Å². The number of benzene rings is 1. The van der Waals surface area contributed by atoms with Gasteiger partial charge in [-0.05, 0) is 30.5 Å². The van der Waals surface area contributed by atoms with Gasteiger partial charge in [-0.25, -0.2) is 4.98 Å². The summed E-state index contributed by atoms with van der Waals surface area (Å²) in [7, 11) is 1.66. The number of anilines is 1. The molecule has 144 valence electrons. The van der Waals surface area contributed by atoms with E-state index >= 15 is 0 Å². The number of carbonyl (C=O) groups is 1. The van der Waals surface area contributed by atoms with Crippen molar-refractivity contribution in [3.8, 4) is 5.75 Å². The first kappa shape index (κ1) is 17.1. The smallest absolute Gasteiger partial charge is 0.231 e. The molecule has 0 aliphatic carbocycles. The van der Waals surface area contributed by atoms with Crippen LogP contribution >= 0.6 is 0 Å². The first-order valence-electron chi connectivity index (χ1n) is 9.78. The van der Waals surface area contributed by atoms with Crippen LogP contribution in [0.25, 0.3) is 10.9 Å². The quantitative estimate of drug-likeness (QED) is 0.760. The van der Waals surface area contributed by atoms with Crippen LogP contribution < -0.4 is 9.64 Å². The minimum absolute atomic E-state index is 0.281. The molecule has 1 unspecified atom stereocenters. The van der Waals surface area contributed by atoms with Crippen LogP contribution in [0.4, 0.5) is 5.82 Å². The molecule has 2 fully saturated rings. The molecule has 28 heavy (non-hydrogen) atoms. The molecule has 1 spiro atoms. The van der Waals surface area contributed by atoms with Gasteiger partial charge in [0.25, 0.3) is 0 Å². The summed E-state index contributed by atoms with van der Waals surface area (Å²) in [6.45, 7) is 3.07. The van der Waals surface area contributed by atoms with E-state index in [1.54, 1.807) is 13.3 Å². The molecule has 3 aromatic rings. The van der Waals surface area contributed by atoms with Gasteiger partial charge in [0.1, 0.15) is 11.6 Å². The van der Waals surface area contributed by atoms with Crippen molar-refractivity contribution in [2.75, 3.05) is 31.6 Å². The monoisotopic (exact) mass is 376 g/mol. The fourth-order valence-corrected chi connectivity index (χ4v) is 4.66. The van der Waals surface area contributed by atoms with Gasteiger partial charge in [0, 0.05) is 55.5 Å². The number of ether oxygens (including phenoxy) is 1. The van der Waals surface area contributed by atoms with Gasteiger partial charge in [-0.3, -0.25) is 4.79 Å². The molecule has 1 N–H and O–H groups in total. The van der Waals surface area contributed by atoms with Gasteiger partial charge in [-0.1, -0.05) is 18.2 Å². The summed E-state index contributed by atoms with van der Waals surface area (Å²) in [6.07, 6.45) is 5.59. The zero-order valence-corrected chi connectivity index (χ0v) is 16.0. The Labute approximate surface area is 164 Å². The number of likely N-dealkylation sites (tertiary alicyclic amines) is 1. The van der Waals surface area contributed by atoms with Crippen LogP contribution in [0.2, 0.25) is 0 Å². The summed E-state index contributed by atoms with van der Waals surface area (Å²) in [5.74, 6) is 1.96. The summed E-state index contributed by atoms with van der Waals surface area (Å²) in [4.78, 5) is 25.4. The highest BCUT2D eigenvalue weighted by molar-refractivity contribution is 5.88. The second-order valence-corrected chi connectivity index (χ2v) is 7.84. The van der Waals surface area contributed by atoms with Gasteiger partial charge in [0.15, 0.2) is 0 Å². The number of nitrogens with one attached hydrogen (secondary N) is 1. The number of hydrogen-bond acceptors (Lipinski definition) is 4. The maximum Gasteiger partial charge on any atom is 0.231 e. The molecule has 0 saturated carbocycles. The lowest BCUT2D eigenvalue weighted by atomic mass is 9.85. The summed E-state index contributed by atoms with van der Waals surface area (Å²) in [6, 6.07) is 12.0. The zero-order chi connectivity index (χ0) is 19.1. The molecule has 6 nitrogen and oxygen atoms in total. The number of pyridine rings is 1. The normalized spacial score (nSPS) is 22.0. The summed E-state index contributed by atoms with van der Waals surface area (Å²) >= 11 is 0. The van der Waals surface area contributed by atoms with E-state index in [4.69, 9.17) is 4.74 Å². The summed E-state index contributed by atoms with van der Waals surface area (Å²) < 4.78 is 5.32. The van der Waals surface area contributed by atoms with Crippen LogP contribution in [-0.2, 0) is 11.3 Å². The molecule has 4 heterocycles. The third-order valence-corrected chi connectivity index (χ3v) is 6.27. The van der Waals surface area contributed by atoms with E-state index in [0.717, 1.165) is 49.6 Å². The van der Waals surface area contributed by atoms with E-state index in [0.29, 0.717) is 6.54 Å². The number of hydrogen-bond donors (Lipinski definition) is 1. The SMILES string of the molecule is COc1ccnc(N2CCC3(CCN(Cc4c[nH]c5ccccc45)C3=O)C2)c1. The lowest BCUT2D eigenvalue weighted by Gasteiger charge is -2.24. The Morgan fingerprint density at radius 1 is 1.21 bits per heavy atom. The number of aromatic nitrogens is 2. The lowest BCUT2D eigenvalue weighted by Crippen LogP contribution is -2.36. The zero-order valence-electron chi connectivity index (χ0n) is 16.0. The Bertz CT molecular complexity index is 1030. The highest BCUT2D eigenvalue weighted by Crippen LogP contribution is 2.42. The van der Waals surface area contributed by atoms with E-state index in [1.165, 1.54) is 10.9 Å². The molecule has 2 aromatic heterocycles. The van der Waals surface area contributed by atoms with Crippen molar-refractivity contribution in [3.63, 3.8) is 0 Å². The molecule has 1 atom stereocenters. The van der Waals surface area contributed by atoms with E-state index in [2.05, 4.69) is 27.0 Å². The first-order chi connectivity index (χ1) is 13.7. The fourth-order valence-electron chi connectivity index (χ4n) is 4.66. The van der Waals surface area contributed by atoms with Crippen LogP contribution in [0.1, 0.15) is 18.4 Å². The number of carbonyl (C=O) groups excluding carboxylic acids is 1. The lowest BCUT2D eigenvalue weighted by molar-refractivity contribution is -0.135. The maximum absolute atomic E-state index is 13.3. The van der Waals surface area contributed by atoms with Gasteiger partial charge < -0.3 is 19.5 Å². The van der Waals surface area contributed by atoms with Gasteiger partial charge in [0.05, 0.1) is 12.5 Å². The predicted molar refractivity (Wildman–Crippen MR) is 108 cm³/mol. The number of nitrogens with zero attached hydrogens (tertiary/aromatic N) is 3. The minimum Gasteiger partial charge on any atom is -0.497 e. The number of H-pyrrole nitrogens is 1. The molecule has 0 bridgehead atoms. The van der Waals surface area contributed by atoms with Gasteiger partial charge >= 0.3 is 0 Å². The van der Waals surface area contributed by atoms with Crippen molar-refractivity contribution in [1.82, 2.24) is 14.9 Å². The molecule has 1 aromatic carbocycles. The molecule has 6 heteroatoms. The van der Waals surface area contributed by atoms with Crippen LogP contribution in [0, 0.1) is 5.41 Å². The minimum atomic E-state index is -0.281. The molecule has 2 aliphatic heterocycles. The standard InChI is InChI=1S/C22H24N4O2/c1-28-17-6-9-23-20(12-17)26-11-8-22(15-26)7-10-25(21(22)27)14-16-13-24-19-5-3-2-4-18(16)19/h2-6,9,12-13,24H,7-8,10-11,14-15H2,1H3. The largest absolute Gasteiger partial charge is 0.497 e. The van der Waals surface area contributed by atoms with Crippen LogP contribution in [-0.4, -0.2) is 47.5 Å². The third kappa shape index (κ3) is 2.71. The van der Waals surface area contributed by atoms with Crippen molar-refractivity contribution in [1.29, 1.82) is 0 Å². The molecule has 0 radical (unpaired) electrons. The third-order valence-electron chi connectivity index (χ3n) is 6.27. The second-order valence-electron chi connectivity index (χ2n) is 7.84. The Morgan fingerprint density at radius 2 is 2.07 bits per heavy atom. The number of para-hydroxylation sites is 1. The molecule has 2 saturated heterocycles. The van der Waals surface area contributed by atoms with Crippen LogP contribution in [0.5, 0.6) is 5.75 Å². The number of aromatic amines is 1. The fraction of sp³-hybridized carbons (Fsp3) is 0.364. The average molecular weight is 376 g/mol. The van der Waals surface area contributed by atoms with Gasteiger partial charge in [0.2, 0.25) is 5.91 Å². The topological polar surface area (TPSA) is 61.5 Å². The Hall–Kier alpha value is -3.02. The second kappa shape index (κ2) is 6.55. The predicted octanol–water partition coefficient (Wildman–Crippen LogP) is 3.20. The maximum atomic E-state index is 13.3. The Balaban J connectivity index is 1.33. The molecule has 2 aliphatic rings. The molecular weight excluding hydrogens is 352 g/mol. The van der Waals surface area contributed by atoms with Crippen molar-refractivity contribution in [2.24, 2.45) is 5.41 Å². The van der Waals surface area contributed by atoms with Crippen molar-refractivity contribution in [2.45, 2.75) is 19.4 Å². The van der Waals surface area contributed by atoms with Crippen molar-refractivity contribution >= 4 is 22.6 Å². The highest BCUT2D eigenvalue weighted by Gasteiger charge is 2.50. The first-order valence-corrected chi connectivity index (χ1v) is 9.78. The average Bonchev–Trinajstić information content (AvgIpc) is 3.43. The summed E-state index contributed by atoms with van der Waals surface area (Å²) in [5, 5.41) is 1.20. The van der Waals surface area contributed by atoms with E-state index in [-0.39, 0.29) is 11.3 Å². The van der Waals surface area contributed by atoms with Gasteiger partial charge in [-0.2, -0.15) is 0 Å². The number of rotatable bonds is 4. The Morgan fingerprint density at radius 3 is 2.96 bits per heavy atom. The van der Waals surface area contributed by atoms with E-state index in [9.17, 15) is 4.79 Å². The van der Waals surface area contributed by atoms with Crippen molar-refractivity contribution < 1.29 is 9.53 Å². The van der Waals surface area contributed by atoms with Crippen LogP contribution in [0.3, 0.4) is 0 Å². The summed E-state index contributed by atoms with van der Waals surface area (Å²) in [5.41, 5.74) is 2.02. The van der Waals surface area contributed by atoms with Gasteiger partial charge in [-0.15, -0.1) is 0 Å². The molecule has 5 rings (SSSR count). The highest BCUT2D eigenvalue weighted by atomic mass is 16.5. The number of methoxy groups -OCH3 is 1. The Kier molecular flexibility index (Phi) is 4.00. The molecular formula is C22H24N4O2. The number of fused-ring (bicyclic) bond motifs is 1.